The van der Waals surface area contributed by atoms with Gasteiger partial charge in [-0.05, 0) is 25.5 Å². The van der Waals surface area contributed by atoms with Crippen LogP contribution in [0.2, 0.25) is 0 Å². The number of nitrogens with one attached hydrogen (secondary N) is 1. The number of thiophene rings is 1. The fourth-order valence-electron chi connectivity index (χ4n) is 3.25. The van der Waals surface area contributed by atoms with E-state index in [1.165, 1.54) is 18.3 Å². The molecule has 4 rings (SSSR count). The van der Waals surface area contributed by atoms with Gasteiger partial charge in [-0.15, -0.1) is 11.3 Å². The van der Waals surface area contributed by atoms with E-state index in [-0.39, 0.29) is 6.54 Å². The summed E-state index contributed by atoms with van der Waals surface area (Å²) in [5.74, 6) is -1.11. The lowest BCUT2D eigenvalue weighted by Gasteiger charge is -2.17. The fraction of sp³-hybridized carbons (Fsp3) is 0.300. The van der Waals surface area contributed by atoms with Crippen molar-refractivity contribution in [2.24, 2.45) is 0 Å². The molecule has 1 fully saturated rings. The van der Waals surface area contributed by atoms with Gasteiger partial charge in [-0.1, -0.05) is 30.3 Å². The van der Waals surface area contributed by atoms with Gasteiger partial charge in [0.1, 0.15) is 9.71 Å². The smallest absolute Gasteiger partial charge is 0.349 e. The molecule has 0 saturated carbocycles. The monoisotopic (exact) mass is 412 g/mol. The topological polar surface area (TPSA) is 93.5 Å². The van der Waals surface area contributed by atoms with E-state index >= 15 is 0 Å². The number of urea groups is 1. The maximum Gasteiger partial charge on any atom is 0.349 e. The second-order valence-electron chi connectivity index (χ2n) is 6.83. The van der Waals surface area contributed by atoms with Crippen molar-refractivity contribution in [2.45, 2.75) is 26.5 Å². The molecule has 1 aliphatic heterocycles. The van der Waals surface area contributed by atoms with E-state index in [0.29, 0.717) is 18.0 Å². The van der Waals surface area contributed by atoms with E-state index < -0.39 is 24.0 Å². The summed E-state index contributed by atoms with van der Waals surface area (Å²) in [5.41, 5.74) is 1.93. The number of nitrogens with zero attached hydrogens (tertiary/aromatic N) is 3. The molecule has 3 amide bonds. The van der Waals surface area contributed by atoms with Gasteiger partial charge in [0.15, 0.2) is 6.10 Å². The van der Waals surface area contributed by atoms with Crippen LogP contribution in [0, 0.1) is 6.92 Å². The first-order valence-electron chi connectivity index (χ1n) is 9.25. The molecule has 9 heteroatoms. The largest absolute Gasteiger partial charge is 0.448 e. The van der Waals surface area contributed by atoms with Crippen LogP contribution in [0.5, 0.6) is 0 Å². The molecule has 0 spiro atoms. The van der Waals surface area contributed by atoms with Crippen LogP contribution in [0.4, 0.5) is 4.79 Å². The van der Waals surface area contributed by atoms with Crippen molar-refractivity contribution in [3.63, 3.8) is 0 Å². The average Bonchev–Trinajstić information content (AvgIpc) is 3.40. The Kier molecular flexibility index (Phi) is 5.06. The molecule has 3 aromatic rings. The predicted octanol–water partition coefficient (Wildman–Crippen LogP) is 2.55. The third-order valence-electron chi connectivity index (χ3n) is 4.74. The molecular formula is C20H20N4O4S. The van der Waals surface area contributed by atoms with Gasteiger partial charge in [0.05, 0.1) is 12.2 Å². The molecule has 29 heavy (non-hydrogen) atoms. The van der Waals surface area contributed by atoms with E-state index in [4.69, 9.17) is 4.74 Å². The molecule has 1 atom stereocenters. The van der Waals surface area contributed by atoms with Crippen LogP contribution in [0.3, 0.4) is 0 Å². The van der Waals surface area contributed by atoms with Gasteiger partial charge in [0.2, 0.25) is 0 Å². The third kappa shape index (κ3) is 3.73. The van der Waals surface area contributed by atoms with Crippen molar-refractivity contribution in [3.8, 4) is 0 Å². The minimum Gasteiger partial charge on any atom is -0.448 e. The van der Waals surface area contributed by atoms with Crippen molar-refractivity contribution in [1.29, 1.82) is 0 Å². The summed E-state index contributed by atoms with van der Waals surface area (Å²) >= 11 is 1.28. The van der Waals surface area contributed by atoms with Gasteiger partial charge in [-0.3, -0.25) is 14.4 Å². The second-order valence-corrected chi connectivity index (χ2v) is 7.86. The molecule has 1 aliphatic rings. The summed E-state index contributed by atoms with van der Waals surface area (Å²) in [4.78, 5) is 38.9. The van der Waals surface area contributed by atoms with Gasteiger partial charge in [0, 0.05) is 18.5 Å². The molecule has 150 valence electrons. The number of carbonyl (C=O) groups excluding carboxylic acids is 3. The fourth-order valence-corrected chi connectivity index (χ4v) is 4.29. The maximum absolute atomic E-state index is 12.6. The van der Waals surface area contributed by atoms with Crippen LogP contribution in [0.15, 0.2) is 36.4 Å². The highest BCUT2D eigenvalue weighted by Crippen LogP contribution is 2.29. The van der Waals surface area contributed by atoms with Crippen molar-refractivity contribution >= 4 is 39.5 Å². The number of ether oxygens (including phenoxy) is 1. The van der Waals surface area contributed by atoms with Crippen molar-refractivity contribution in [2.75, 3.05) is 13.1 Å². The van der Waals surface area contributed by atoms with Crippen LogP contribution < -0.4 is 5.32 Å². The molecular weight excluding hydrogens is 392 g/mol. The summed E-state index contributed by atoms with van der Waals surface area (Å²) in [6.07, 6.45) is -1.04. The highest BCUT2D eigenvalue weighted by molar-refractivity contribution is 7.20. The number of fused-ring (bicyclic) bond motifs is 1. The highest BCUT2D eigenvalue weighted by atomic mass is 32.1. The predicted molar refractivity (Wildman–Crippen MR) is 108 cm³/mol. The first-order chi connectivity index (χ1) is 13.9. The number of hydrogen-bond acceptors (Lipinski definition) is 6. The van der Waals surface area contributed by atoms with Gasteiger partial charge >= 0.3 is 12.0 Å². The SMILES string of the molecule is Cc1nn(Cc2ccccc2)c2sc(C(=O)O[C@@H](C)C(=O)N3CCNC3=O)cc12. The Morgan fingerprint density at radius 2 is 2.07 bits per heavy atom. The summed E-state index contributed by atoms with van der Waals surface area (Å²) < 4.78 is 7.19. The summed E-state index contributed by atoms with van der Waals surface area (Å²) in [6.45, 7) is 4.64. The normalized spacial score (nSPS) is 14.8. The molecule has 8 nitrogen and oxygen atoms in total. The Morgan fingerprint density at radius 3 is 2.76 bits per heavy atom. The third-order valence-corrected chi connectivity index (χ3v) is 5.87. The van der Waals surface area contributed by atoms with Crippen LogP contribution in [-0.2, 0) is 16.1 Å². The van der Waals surface area contributed by atoms with Crippen molar-refractivity contribution < 1.29 is 19.1 Å². The Labute approximate surface area is 171 Å². The number of benzene rings is 1. The van der Waals surface area contributed by atoms with Crippen LogP contribution in [-0.4, -0.2) is 51.8 Å². The van der Waals surface area contributed by atoms with E-state index in [9.17, 15) is 14.4 Å². The Bertz CT molecular complexity index is 1090. The number of carbonyl (C=O) groups is 3. The quantitative estimate of drug-likeness (QED) is 0.650. The second kappa shape index (κ2) is 7.67. The summed E-state index contributed by atoms with van der Waals surface area (Å²) in [7, 11) is 0. The Hall–Kier alpha value is -3.20. The lowest BCUT2D eigenvalue weighted by atomic mass is 10.2. The van der Waals surface area contributed by atoms with E-state index in [0.717, 1.165) is 26.4 Å². The zero-order valence-electron chi connectivity index (χ0n) is 16.0. The summed E-state index contributed by atoms with van der Waals surface area (Å²) in [5, 5.41) is 8.01. The molecule has 3 heterocycles. The van der Waals surface area contributed by atoms with Gasteiger partial charge < -0.3 is 10.1 Å². The molecule has 1 N–H and O–H groups in total. The number of amides is 3. The molecule has 0 aliphatic carbocycles. The Balaban J connectivity index is 1.51. The zero-order valence-corrected chi connectivity index (χ0v) is 16.9. The first-order valence-corrected chi connectivity index (χ1v) is 10.1. The van der Waals surface area contributed by atoms with Gasteiger partial charge in [0.25, 0.3) is 5.91 Å². The number of imide groups is 1. The van der Waals surface area contributed by atoms with Crippen molar-refractivity contribution in [1.82, 2.24) is 20.0 Å². The maximum atomic E-state index is 12.6. The highest BCUT2D eigenvalue weighted by Gasteiger charge is 2.32. The number of aromatic nitrogens is 2. The lowest BCUT2D eigenvalue weighted by molar-refractivity contribution is -0.135. The van der Waals surface area contributed by atoms with Crippen molar-refractivity contribution in [3.05, 3.63) is 52.5 Å². The van der Waals surface area contributed by atoms with E-state index in [1.54, 1.807) is 6.07 Å². The molecule has 1 aromatic carbocycles. The lowest BCUT2D eigenvalue weighted by Crippen LogP contribution is -2.41. The van der Waals surface area contributed by atoms with Gasteiger partial charge in [-0.25, -0.2) is 9.59 Å². The number of aryl methyl sites for hydroxylation is 1. The van der Waals surface area contributed by atoms with Crippen LogP contribution in [0.1, 0.15) is 27.9 Å². The standard InChI is InChI=1S/C20H20N4O4S/c1-12-15-10-16(19(26)28-13(2)17(25)23-9-8-21-20(23)27)29-18(15)24(22-12)11-14-6-4-3-5-7-14/h3-7,10,13H,8-9,11H2,1-2H3,(H,21,27)/t13-/m0/s1. The number of esters is 1. The molecule has 2 aromatic heterocycles. The summed E-state index contributed by atoms with van der Waals surface area (Å²) in [6, 6.07) is 11.2. The Morgan fingerprint density at radius 1 is 1.31 bits per heavy atom. The first kappa shape index (κ1) is 19.1. The molecule has 1 saturated heterocycles. The van der Waals surface area contributed by atoms with E-state index in [2.05, 4.69) is 10.4 Å². The minimum atomic E-state index is -1.04. The van der Waals surface area contributed by atoms with Crippen LogP contribution >= 0.6 is 11.3 Å². The molecule has 0 radical (unpaired) electrons. The van der Waals surface area contributed by atoms with E-state index in [1.807, 2.05) is 41.9 Å². The average molecular weight is 412 g/mol. The molecule has 0 bridgehead atoms. The number of hydrogen-bond donors (Lipinski definition) is 1. The van der Waals surface area contributed by atoms with Gasteiger partial charge in [-0.2, -0.15) is 5.10 Å². The molecule has 0 unspecified atom stereocenters. The number of rotatable bonds is 5. The zero-order chi connectivity index (χ0) is 20.5. The van der Waals surface area contributed by atoms with Crippen LogP contribution in [0.25, 0.3) is 10.2 Å². The minimum absolute atomic E-state index is 0.275.